The number of anilines is 1. The van der Waals surface area contributed by atoms with Gasteiger partial charge >= 0.3 is 5.65 Å². The highest BCUT2D eigenvalue weighted by molar-refractivity contribution is 9.09. The summed E-state index contributed by atoms with van der Waals surface area (Å²) in [5, 5.41) is 29.9. The van der Waals surface area contributed by atoms with Crippen LogP contribution in [0.15, 0.2) is 11.1 Å². The average Bonchev–Trinajstić information content (AvgIpc) is 2.99. The summed E-state index contributed by atoms with van der Waals surface area (Å²) in [6.45, 7) is 0.0401. The van der Waals surface area contributed by atoms with Crippen LogP contribution in [0.2, 0.25) is 0 Å². The summed E-state index contributed by atoms with van der Waals surface area (Å²) in [5.74, 6) is -0.0698. The lowest BCUT2D eigenvalue weighted by atomic mass is 10.1. The zero-order valence-electron chi connectivity index (χ0n) is 12.0. The predicted octanol–water partition coefficient (Wildman–Crippen LogP) is -2.40. The SMILES string of the molecule is Nc1nc2c(c(=O)[nH]1)n(CCBr)c[n+]2[C@@H]1O[C@H](CO)[C@@H](O)[C@H]1O. The van der Waals surface area contributed by atoms with Gasteiger partial charge in [0, 0.05) is 5.33 Å². The highest BCUT2D eigenvalue weighted by Crippen LogP contribution is 2.26. The number of aromatic nitrogens is 4. The molecule has 10 nitrogen and oxygen atoms in total. The van der Waals surface area contributed by atoms with E-state index < -0.39 is 36.7 Å². The molecular formula is C12H17BrN5O5+. The van der Waals surface area contributed by atoms with Crippen LogP contribution in [0.25, 0.3) is 11.2 Å². The zero-order valence-corrected chi connectivity index (χ0v) is 13.5. The molecule has 11 heteroatoms. The number of ether oxygens (including phenoxy) is 1. The molecule has 0 aromatic carbocycles. The molecule has 126 valence electrons. The Labute approximate surface area is 138 Å². The fourth-order valence-corrected chi connectivity index (χ4v) is 3.11. The van der Waals surface area contributed by atoms with Crippen LogP contribution in [-0.2, 0) is 11.3 Å². The molecule has 1 saturated heterocycles. The van der Waals surface area contributed by atoms with Gasteiger partial charge in [0.15, 0.2) is 6.33 Å². The lowest BCUT2D eigenvalue weighted by Crippen LogP contribution is -2.46. The van der Waals surface area contributed by atoms with Crippen molar-refractivity contribution in [3.63, 3.8) is 0 Å². The largest absolute Gasteiger partial charge is 0.394 e. The van der Waals surface area contributed by atoms with Crippen molar-refractivity contribution in [3.8, 4) is 0 Å². The molecule has 0 saturated carbocycles. The smallest absolute Gasteiger partial charge is 0.313 e. The van der Waals surface area contributed by atoms with Crippen molar-refractivity contribution in [2.75, 3.05) is 17.7 Å². The van der Waals surface area contributed by atoms with Crippen LogP contribution < -0.4 is 15.9 Å². The van der Waals surface area contributed by atoms with Crippen molar-refractivity contribution < 1.29 is 24.6 Å². The molecule has 0 spiro atoms. The number of hydrogen-bond donors (Lipinski definition) is 5. The second-order valence-electron chi connectivity index (χ2n) is 5.26. The maximum atomic E-state index is 12.2. The molecule has 4 atom stereocenters. The summed E-state index contributed by atoms with van der Waals surface area (Å²) in [5.41, 5.74) is 5.68. The van der Waals surface area contributed by atoms with Crippen LogP contribution in [0.3, 0.4) is 0 Å². The molecule has 0 amide bonds. The number of halogens is 1. The number of rotatable bonds is 4. The van der Waals surface area contributed by atoms with Crippen LogP contribution in [0.5, 0.6) is 0 Å². The Bertz CT molecular complexity index is 777. The number of nitrogens with one attached hydrogen (secondary N) is 1. The second kappa shape index (κ2) is 6.17. The molecule has 2 aromatic heterocycles. The number of nitrogens with zero attached hydrogens (tertiary/aromatic N) is 3. The molecule has 2 aromatic rings. The third-order valence-corrected chi connectivity index (χ3v) is 4.16. The Hall–Kier alpha value is -1.53. The van der Waals surface area contributed by atoms with Gasteiger partial charge in [0.25, 0.3) is 11.5 Å². The molecule has 0 unspecified atom stereocenters. The summed E-state index contributed by atoms with van der Waals surface area (Å²) >= 11 is 3.30. The van der Waals surface area contributed by atoms with E-state index in [9.17, 15) is 20.1 Å². The van der Waals surface area contributed by atoms with Crippen LogP contribution in [0.4, 0.5) is 5.95 Å². The Kier molecular flexibility index (Phi) is 4.38. The van der Waals surface area contributed by atoms with Gasteiger partial charge in [-0.2, -0.15) is 0 Å². The number of nitrogen functional groups attached to an aromatic ring is 1. The first-order valence-corrected chi connectivity index (χ1v) is 8.08. The van der Waals surface area contributed by atoms with Gasteiger partial charge in [-0.05, 0) is 0 Å². The van der Waals surface area contributed by atoms with Gasteiger partial charge in [-0.1, -0.05) is 20.9 Å². The number of aryl methyl sites for hydroxylation is 1. The first-order valence-electron chi connectivity index (χ1n) is 6.96. The number of aliphatic hydroxyl groups excluding tert-OH is 3. The molecule has 1 aliphatic heterocycles. The molecule has 23 heavy (non-hydrogen) atoms. The highest BCUT2D eigenvalue weighted by atomic mass is 79.9. The average molecular weight is 391 g/mol. The van der Waals surface area contributed by atoms with Gasteiger partial charge in [0.2, 0.25) is 11.7 Å². The number of hydrogen-bond acceptors (Lipinski definition) is 7. The first-order chi connectivity index (χ1) is 11.0. The summed E-state index contributed by atoms with van der Waals surface area (Å²) in [6.07, 6.45) is -2.87. The maximum Gasteiger partial charge on any atom is 0.313 e. The number of imidazole rings is 1. The highest BCUT2D eigenvalue weighted by Gasteiger charge is 2.46. The van der Waals surface area contributed by atoms with Gasteiger partial charge in [-0.3, -0.25) is 14.3 Å². The Balaban J connectivity index is 2.16. The van der Waals surface area contributed by atoms with Crippen LogP contribution in [-0.4, -0.2) is 60.1 Å². The molecular weight excluding hydrogens is 374 g/mol. The van der Waals surface area contributed by atoms with Gasteiger partial charge in [0.05, 0.1) is 13.2 Å². The fourth-order valence-electron chi connectivity index (χ4n) is 2.73. The normalized spacial score (nSPS) is 27.8. The molecule has 3 rings (SSSR count). The second-order valence-corrected chi connectivity index (χ2v) is 6.05. The third-order valence-electron chi connectivity index (χ3n) is 3.81. The summed E-state index contributed by atoms with van der Waals surface area (Å²) < 4.78 is 8.58. The van der Waals surface area contributed by atoms with Crippen molar-refractivity contribution >= 4 is 33.0 Å². The van der Waals surface area contributed by atoms with Crippen LogP contribution >= 0.6 is 15.9 Å². The standard InChI is InChI=1S/C12H16BrN5O5/c13-1-2-17-4-18(9-6(17)10(22)16-12(14)15-9)11-8(21)7(20)5(3-19)23-11/h4-5,7-8,11,19-21H,1-3H2,(H2-,14,15,16,22)/p+1/t5-,7-,8-,11-/m1/s1. The minimum Gasteiger partial charge on any atom is -0.394 e. The van der Waals surface area contributed by atoms with Gasteiger partial charge in [-0.15, -0.1) is 0 Å². The summed E-state index contributed by atoms with van der Waals surface area (Å²) in [6, 6.07) is 0. The molecule has 3 heterocycles. The lowest BCUT2D eigenvalue weighted by molar-refractivity contribution is -0.746. The van der Waals surface area contributed by atoms with E-state index in [2.05, 4.69) is 25.9 Å². The van der Waals surface area contributed by atoms with E-state index in [1.165, 1.54) is 4.57 Å². The minimum atomic E-state index is -1.28. The van der Waals surface area contributed by atoms with Crippen molar-refractivity contribution in [2.24, 2.45) is 0 Å². The number of aromatic amines is 1. The first kappa shape index (κ1) is 16.3. The van der Waals surface area contributed by atoms with Crippen molar-refractivity contribution in [3.05, 3.63) is 16.7 Å². The number of alkyl halides is 1. The molecule has 1 fully saturated rings. The van der Waals surface area contributed by atoms with Crippen molar-refractivity contribution in [2.45, 2.75) is 31.1 Å². The molecule has 0 bridgehead atoms. The molecule has 0 aliphatic carbocycles. The van der Waals surface area contributed by atoms with Crippen molar-refractivity contribution in [1.29, 1.82) is 0 Å². The van der Waals surface area contributed by atoms with Crippen molar-refractivity contribution in [1.82, 2.24) is 14.5 Å². The van der Waals surface area contributed by atoms with E-state index in [0.29, 0.717) is 11.9 Å². The minimum absolute atomic E-state index is 0.0698. The fraction of sp³-hybridized carbons (Fsp3) is 0.583. The predicted molar refractivity (Wildman–Crippen MR) is 81.8 cm³/mol. The Morgan fingerprint density at radius 3 is 2.83 bits per heavy atom. The van der Waals surface area contributed by atoms with Gasteiger partial charge < -0.3 is 25.8 Å². The van der Waals surface area contributed by atoms with Gasteiger partial charge in [-0.25, -0.2) is 4.57 Å². The molecule has 0 radical (unpaired) electrons. The topological polar surface area (TPSA) is 150 Å². The molecule has 6 N–H and O–H groups in total. The van der Waals surface area contributed by atoms with E-state index in [1.807, 2.05) is 0 Å². The number of H-pyrrole nitrogens is 1. The third kappa shape index (κ3) is 2.64. The van der Waals surface area contributed by atoms with E-state index in [1.54, 1.807) is 10.9 Å². The van der Waals surface area contributed by atoms with Crippen LogP contribution in [0.1, 0.15) is 6.23 Å². The van der Waals surface area contributed by atoms with Crippen LogP contribution in [0, 0.1) is 0 Å². The van der Waals surface area contributed by atoms with E-state index in [-0.39, 0.29) is 17.1 Å². The quantitative estimate of drug-likeness (QED) is 0.288. The lowest BCUT2D eigenvalue weighted by Gasteiger charge is -2.12. The number of fused-ring (bicyclic) bond motifs is 1. The summed E-state index contributed by atoms with van der Waals surface area (Å²) in [4.78, 5) is 18.7. The van der Waals surface area contributed by atoms with E-state index >= 15 is 0 Å². The zero-order chi connectivity index (χ0) is 16.7. The Morgan fingerprint density at radius 1 is 1.48 bits per heavy atom. The van der Waals surface area contributed by atoms with Gasteiger partial charge in [0.1, 0.15) is 18.3 Å². The molecule has 1 aliphatic rings. The monoisotopic (exact) mass is 390 g/mol. The van der Waals surface area contributed by atoms with E-state index in [4.69, 9.17) is 10.5 Å². The summed E-state index contributed by atoms with van der Waals surface area (Å²) in [7, 11) is 0. The van der Waals surface area contributed by atoms with E-state index in [0.717, 1.165) is 0 Å². The maximum absolute atomic E-state index is 12.2. The number of nitrogens with two attached hydrogens (primary N) is 1. The Morgan fingerprint density at radius 2 is 2.22 bits per heavy atom. The number of aliphatic hydroxyl groups is 3.